The maximum absolute atomic E-state index is 13.2. The highest BCUT2D eigenvalue weighted by Gasteiger charge is 2.37. The molecule has 1 aliphatic carbocycles. The fourth-order valence-electron chi connectivity index (χ4n) is 2.49. The highest BCUT2D eigenvalue weighted by molar-refractivity contribution is 6.30. The molecule has 2 rings (SSSR count). The van der Waals surface area contributed by atoms with Gasteiger partial charge in [0.25, 0.3) is 0 Å². The summed E-state index contributed by atoms with van der Waals surface area (Å²) in [5.41, 5.74) is 6.42. The first kappa shape index (κ1) is 13.5. The smallest absolute Gasteiger partial charge is 0.142 e. The van der Waals surface area contributed by atoms with E-state index in [9.17, 15) is 9.18 Å². The van der Waals surface area contributed by atoms with Crippen LogP contribution < -0.4 is 5.73 Å². The summed E-state index contributed by atoms with van der Waals surface area (Å²) in [6.45, 7) is 0.563. The Bertz CT molecular complexity index is 452. The van der Waals surface area contributed by atoms with Gasteiger partial charge in [0.15, 0.2) is 0 Å². The van der Waals surface area contributed by atoms with Gasteiger partial charge in [0.2, 0.25) is 0 Å². The van der Waals surface area contributed by atoms with Gasteiger partial charge in [-0.05, 0) is 42.5 Å². The topological polar surface area (TPSA) is 43.1 Å². The normalized spacial score (nSPS) is 17.3. The van der Waals surface area contributed by atoms with Gasteiger partial charge in [-0.3, -0.25) is 4.79 Å². The molecule has 1 fully saturated rings. The highest BCUT2D eigenvalue weighted by atomic mass is 35.5. The van der Waals surface area contributed by atoms with Gasteiger partial charge in [-0.15, -0.1) is 0 Å². The lowest BCUT2D eigenvalue weighted by Crippen LogP contribution is -2.39. The van der Waals surface area contributed by atoms with E-state index in [0.717, 1.165) is 19.3 Å². The first-order valence-electron chi connectivity index (χ1n) is 6.20. The molecule has 0 amide bonds. The van der Waals surface area contributed by atoms with Crippen LogP contribution in [0.15, 0.2) is 18.2 Å². The summed E-state index contributed by atoms with van der Waals surface area (Å²) in [6.07, 6.45) is 3.98. The summed E-state index contributed by atoms with van der Waals surface area (Å²) in [5.74, 6) is -0.346. The summed E-state index contributed by atoms with van der Waals surface area (Å²) < 4.78 is 13.2. The summed E-state index contributed by atoms with van der Waals surface area (Å²) in [6, 6.07) is 4.51. The van der Waals surface area contributed by atoms with Crippen molar-refractivity contribution in [2.45, 2.75) is 32.1 Å². The number of hydrogen-bond donors (Lipinski definition) is 1. The highest BCUT2D eigenvalue weighted by Crippen LogP contribution is 2.43. The zero-order valence-electron chi connectivity index (χ0n) is 10.2. The Morgan fingerprint density at radius 2 is 2.17 bits per heavy atom. The average Bonchev–Trinajstić information content (AvgIpc) is 2.29. The van der Waals surface area contributed by atoms with Crippen molar-refractivity contribution >= 4 is 17.4 Å². The maximum atomic E-state index is 13.2. The van der Waals surface area contributed by atoms with Gasteiger partial charge in [0.05, 0.1) is 5.02 Å². The minimum absolute atomic E-state index is 0.0159. The zero-order chi connectivity index (χ0) is 13.2. The first-order chi connectivity index (χ1) is 8.54. The molecule has 1 aromatic rings. The van der Waals surface area contributed by atoms with Crippen LogP contribution in [0, 0.1) is 11.2 Å². The fraction of sp³-hybridized carbons (Fsp3) is 0.500. The van der Waals surface area contributed by atoms with Crippen LogP contribution in [0.4, 0.5) is 4.39 Å². The number of nitrogens with two attached hydrogens (primary N) is 1. The van der Waals surface area contributed by atoms with Crippen molar-refractivity contribution in [2.24, 2.45) is 11.1 Å². The van der Waals surface area contributed by atoms with Crippen LogP contribution in [0.1, 0.15) is 31.2 Å². The number of ketones is 1. The number of carbonyl (C=O) groups excluding carboxylic acids is 1. The molecule has 2 nitrogen and oxygen atoms in total. The van der Waals surface area contributed by atoms with Crippen LogP contribution in [0.25, 0.3) is 0 Å². The molecule has 18 heavy (non-hydrogen) atoms. The maximum Gasteiger partial charge on any atom is 0.142 e. The molecule has 0 bridgehead atoms. The van der Waals surface area contributed by atoms with Gasteiger partial charge >= 0.3 is 0 Å². The predicted octanol–water partition coefficient (Wildman–Crippen LogP) is 3.11. The second-order valence-electron chi connectivity index (χ2n) is 5.20. The number of hydrogen-bond acceptors (Lipinski definition) is 2. The summed E-state index contributed by atoms with van der Waals surface area (Å²) in [7, 11) is 0. The molecule has 0 spiro atoms. The molecule has 0 saturated heterocycles. The minimum atomic E-state index is -0.473. The molecule has 0 heterocycles. The van der Waals surface area contributed by atoms with Gasteiger partial charge < -0.3 is 5.73 Å². The van der Waals surface area contributed by atoms with Crippen LogP contribution in [-0.2, 0) is 11.2 Å². The standard InChI is InChI=1S/C14H17ClFNO/c15-12-3-2-10(7-13(12)16)6-11(18)8-14(9-17)4-1-5-14/h2-3,7H,1,4-6,8-9,17H2. The Labute approximate surface area is 111 Å². The second kappa shape index (κ2) is 5.37. The lowest BCUT2D eigenvalue weighted by molar-refractivity contribution is -0.122. The van der Waals surface area contributed by atoms with E-state index in [1.807, 2.05) is 0 Å². The van der Waals surface area contributed by atoms with Gasteiger partial charge in [-0.1, -0.05) is 24.1 Å². The SMILES string of the molecule is NCC1(CC(=O)Cc2ccc(Cl)c(F)c2)CCC1. The molecule has 2 N–H and O–H groups in total. The third-order valence-corrected chi connectivity index (χ3v) is 4.11. The van der Waals surface area contributed by atoms with Crippen LogP contribution in [-0.4, -0.2) is 12.3 Å². The van der Waals surface area contributed by atoms with Crippen molar-refractivity contribution in [1.29, 1.82) is 0 Å². The quantitative estimate of drug-likeness (QED) is 0.893. The number of rotatable bonds is 5. The van der Waals surface area contributed by atoms with Gasteiger partial charge in [0, 0.05) is 12.8 Å². The molecule has 0 atom stereocenters. The van der Waals surface area contributed by atoms with E-state index >= 15 is 0 Å². The molecule has 0 radical (unpaired) electrons. The van der Waals surface area contributed by atoms with Crippen molar-refractivity contribution in [1.82, 2.24) is 0 Å². The lowest BCUT2D eigenvalue weighted by atomic mass is 9.65. The van der Waals surface area contributed by atoms with E-state index in [0.29, 0.717) is 18.5 Å². The Hall–Kier alpha value is -0.930. The third-order valence-electron chi connectivity index (χ3n) is 3.80. The van der Waals surface area contributed by atoms with E-state index in [4.69, 9.17) is 17.3 Å². The number of halogens is 2. The second-order valence-corrected chi connectivity index (χ2v) is 5.61. The Morgan fingerprint density at radius 3 is 2.67 bits per heavy atom. The van der Waals surface area contributed by atoms with E-state index in [1.54, 1.807) is 6.07 Å². The van der Waals surface area contributed by atoms with E-state index in [-0.39, 0.29) is 22.6 Å². The van der Waals surface area contributed by atoms with Crippen molar-refractivity contribution in [3.63, 3.8) is 0 Å². The van der Waals surface area contributed by atoms with Crippen molar-refractivity contribution < 1.29 is 9.18 Å². The van der Waals surface area contributed by atoms with E-state index < -0.39 is 5.82 Å². The molecule has 1 saturated carbocycles. The minimum Gasteiger partial charge on any atom is -0.330 e. The van der Waals surface area contributed by atoms with Crippen LogP contribution in [0.3, 0.4) is 0 Å². The Balaban J connectivity index is 1.96. The van der Waals surface area contributed by atoms with Crippen LogP contribution >= 0.6 is 11.6 Å². The monoisotopic (exact) mass is 269 g/mol. The Morgan fingerprint density at radius 1 is 1.44 bits per heavy atom. The molecule has 0 aliphatic heterocycles. The Kier molecular flexibility index (Phi) is 4.03. The molecular weight excluding hydrogens is 253 g/mol. The molecular formula is C14H17ClFNO. The molecule has 4 heteroatoms. The van der Waals surface area contributed by atoms with E-state index in [1.165, 1.54) is 12.1 Å². The zero-order valence-corrected chi connectivity index (χ0v) is 11.0. The van der Waals surface area contributed by atoms with Gasteiger partial charge in [-0.2, -0.15) is 0 Å². The lowest BCUT2D eigenvalue weighted by Gasteiger charge is -2.40. The van der Waals surface area contributed by atoms with Gasteiger partial charge in [-0.25, -0.2) is 4.39 Å². The third kappa shape index (κ3) is 2.90. The fourth-order valence-corrected chi connectivity index (χ4v) is 2.61. The van der Waals surface area contributed by atoms with Crippen molar-refractivity contribution in [3.8, 4) is 0 Å². The number of Topliss-reactive ketones (excluding diaryl/α,β-unsaturated/α-hetero) is 1. The largest absolute Gasteiger partial charge is 0.330 e. The number of carbonyl (C=O) groups is 1. The summed E-state index contributed by atoms with van der Waals surface area (Å²) >= 11 is 5.60. The van der Waals surface area contributed by atoms with E-state index in [2.05, 4.69) is 0 Å². The van der Waals surface area contributed by atoms with Crippen molar-refractivity contribution in [3.05, 3.63) is 34.6 Å². The predicted molar refractivity (Wildman–Crippen MR) is 70.1 cm³/mol. The summed E-state index contributed by atoms with van der Waals surface area (Å²) in [5, 5.41) is 0.0867. The first-order valence-corrected chi connectivity index (χ1v) is 6.58. The van der Waals surface area contributed by atoms with Gasteiger partial charge in [0.1, 0.15) is 11.6 Å². The molecule has 1 aliphatic rings. The molecule has 0 unspecified atom stereocenters. The van der Waals surface area contributed by atoms with Crippen LogP contribution in [0.5, 0.6) is 0 Å². The molecule has 98 valence electrons. The molecule has 0 aromatic heterocycles. The van der Waals surface area contributed by atoms with Crippen molar-refractivity contribution in [2.75, 3.05) is 6.54 Å². The average molecular weight is 270 g/mol. The number of benzene rings is 1. The summed E-state index contributed by atoms with van der Waals surface area (Å²) in [4.78, 5) is 12.0. The molecule has 1 aromatic carbocycles. The van der Waals surface area contributed by atoms with Crippen LogP contribution in [0.2, 0.25) is 5.02 Å².